The van der Waals surface area contributed by atoms with Gasteiger partial charge in [0, 0.05) is 4.88 Å². The van der Waals surface area contributed by atoms with Crippen LogP contribution in [0.15, 0.2) is 29.6 Å². The predicted octanol–water partition coefficient (Wildman–Crippen LogP) is 4.76. The molecule has 1 aromatic carbocycles. The molecular weight excluding hydrogens is 250 g/mol. The maximum Gasteiger partial charge on any atom is 0.0587 e. The molecule has 0 aliphatic heterocycles. The Bertz CT molecular complexity index is 542. The number of thiophene rings is 1. The Labute approximate surface area is 120 Å². The molecule has 0 saturated heterocycles. The van der Waals surface area contributed by atoms with Crippen molar-refractivity contribution in [2.45, 2.75) is 40.2 Å². The highest BCUT2D eigenvalue weighted by molar-refractivity contribution is 7.10. The van der Waals surface area contributed by atoms with Crippen LogP contribution in [-0.4, -0.2) is 6.54 Å². The van der Waals surface area contributed by atoms with Crippen molar-refractivity contribution in [3.8, 4) is 0 Å². The van der Waals surface area contributed by atoms with Gasteiger partial charge in [0.15, 0.2) is 0 Å². The van der Waals surface area contributed by atoms with Gasteiger partial charge >= 0.3 is 0 Å². The van der Waals surface area contributed by atoms with Gasteiger partial charge in [0.25, 0.3) is 0 Å². The summed E-state index contributed by atoms with van der Waals surface area (Å²) in [5, 5.41) is 5.97. The van der Waals surface area contributed by atoms with Crippen LogP contribution in [-0.2, 0) is 0 Å². The van der Waals surface area contributed by atoms with Crippen molar-refractivity contribution in [1.82, 2.24) is 5.32 Å². The van der Waals surface area contributed by atoms with Gasteiger partial charge < -0.3 is 5.32 Å². The van der Waals surface area contributed by atoms with Gasteiger partial charge in [-0.1, -0.05) is 30.7 Å². The average Bonchev–Trinajstić information content (AvgIpc) is 2.80. The average molecular weight is 273 g/mol. The molecule has 2 rings (SSSR count). The van der Waals surface area contributed by atoms with E-state index in [9.17, 15) is 0 Å². The topological polar surface area (TPSA) is 12.0 Å². The second-order valence-corrected chi connectivity index (χ2v) is 6.35. The molecule has 1 N–H and O–H groups in total. The molecule has 1 heterocycles. The highest BCUT2D eigenvalue weighted by Crippen LogP contribution is 2.29. The first kappa shape index (κ1) is 14.3. The summed E-state index contributed by atoms with van der Waals surface area (Å²) in [6.07, 6.45) is 1.16. The van der Waals surface area contributed by atoms with Gasteiger partial charge in [-0.25, -0.2) is 0 Å². The maximum atomic E-state index is 3.69. The van der Waals surface area contributed by atoms with Gasteiger partial charge in [-0.05, 0) is 61.9 Å². The molecule has 1 nitrogen and oxygen atoms in total. The summed E-state index contributed by atoms with van der Waals surface area (Å²) in [6.45, 7) is 9.81. The molecule has 0 amide bonds. The van der Waals surface area contributed by atoms with Crippen molar-refractivity contribution in [1.29, 1.82) is 0 Å². The molecule has 0 aliphatic rings. The molecule has 0 saturated carbocycles. The third-order valence-electron chi connectivity index (χ3n) is 3.43. The van der Waals surface area contributed by atoms with Crippen molar-refractivity contribution < 1.29 is 0 Å². The molecule has 0 aliphatic carbocycles. The van der Waals surface area contributed by atoms with Crippen LogP contribution in [0.5, 0.6) is 0 Å². The van der Waals surface area contributed by atoms with E-state index < -0.39 is 0 Å². The summed E-state index contributed by atoms with van der Waals surface area (Å²) >= 11 is 1.83. The quantitative estimate of drug-likeness (QED) is 0.828. The lowest BCUT2D eigenvalue weighted by Gasteiger charge is -2.21. The molecule has 19 heavy (non-hydrogen) atoms. The van der Waals surface area contributed by atoms with Crippen LogP contribution in [0, 0.1) is 20.8 Å². The summed E-state index contributed by atoms with van der Waals surface area (Å²) in [6, 6.07) is 9.36. The van der Waals surface area contributed by atoms with Gasteiger partial charge in [-0.3, -0.25) is 0 Å². The summed E-state index contributed by atoms with van der Waals surface area (Å²) < 4.78 is 0. The molecular formula is C17H23NS. The van der Waals surface area contributed by atoms with Gasteiger partial charge in [0.2, 0.25) is 0 Å². The number of nitrogens with one attached hydrogen (secondary N) is 1. The number of hydrogen-bond acceptors (Lipinski definition) is 2. The maximum absolute atomic E-state index is 3.69. The Morgan fingerprint density at radius 2 is 1.95 bits per heavy atom. The Hall–Kier alpha value is -1.12. The fraction of sp³-hybridized carbons (Fsp3) is 0.412. The van der Waals surface area contributed by atoms with E-state index in [1.165, 1.54) is 27.1 Å². The highest BCUT2D eigenvalue weighted by Gasteiger charge is 2.16. The standard InChI is InChI=1S/C17H23NS/c1-5-8-18-17(15-10-14(4)19-11-15)16-9-12(2)6-7-13(16)3/h6-7,9-11,17-18H,5,8H2,1-4H3. The van der Waals surface area contributed by atoms with Crippen molar-refractivity contribution in [2.75, 3.05) is 6.54 Å². The van der Waals surface area contributed by atoms with Gasteiger partial charge in [0.1, 0.15) is 0 Å². The van der Waals surface area contributed by atoms with Gasteiger partial charge in [-0.15, -0.1) is 11.3 Å². The fourth-order valence-electron chi connectivity index (χ4n) is 2.38. The van der Waals surface area contributed by atoms with E-state index in [0.717, 1.165) is 13.0 Å². The first-order chi connectivity index (χ1) is 9.11. The molecule has 0 radical (unpaired) electrons. The van der Waals surface area contributed by atoms with Crippen molar-refractivity contribution in [2.24, 2.45) is 0 Å². The van der Waals surface area contributed by atoms with E-state index in [-0.39, 0.29) is 0 Å². The lowest BCUT2D eigenvalue weighted by molar-refractivity contribution is 0.597. The van der Waals surface area contributed by atoms with Gasteiger partial charge in [0.05, 0.1) is 6.04 Å². The summed E-state index contributed by atoms with van der Waals surface area (Å²) in [5.41, 5.74) is 5.50. The Morgan fingerprint density at radius 1 is 1.16 bits per heavy atom. The number of rotatable bonds is 5. The van der Waals surface area contributed by atoms with E-state index in [4.69, 9.17) is 0 Å². The molecule has 1 unspecified atom stereocenters. The molecule has 102 valence electrons. The molecule has 0 bridgehead atoms. The lowest BCUT2D eigenvalue weighted by atomic mass is 9.95. The Kier molecular flexibility index (Phi) is 4.78. The van der Waals surface area contributed by atoms with Crippen LogP contribution in [0.2, 0.25) is 0 Å². The lowest BCUT2D eigenvalue weighted by Crippen LogP contribution is -2.23. The molecule has 2 aromatic rings. The first-order valence-corrected chi connectivity index (χ1v) is 7.85. The fourth-order valence-corrected chi connectivity index (χ4v) is 3.11. The normalized spacial score (nSPS) is 12.6. The predicted molar refractivity (Wildman–Crippen MR) is 85.1 cm³/mol. The molecule has 2 heteroatoms. The molecule has 0 spiro atoms. The largest absolute Gasteiger partial charge is 0.306 e. The second-order valence-electron chi connectivity index (χ2n) is 5.24. The van der Waals surface area contributed by atoms with Crippen LogP contribution in [0.1, 0.15) is 46.5 Å². The van der Waals surface area contributed by atoms with Crippen LogP contribution in [0.3, 0.4) is 0 Å². The summed E-state index contributed by atoms with van der Waals surface area (Å²) in [5.74, 6) is 0. The highest BCUT2D eigenvalue weighted by atomic mass is 32.1. The molecule has 1 atom stereocenters. The minimum atomic E-state index is 0.324. The molecule has 0 fully saturated rings. The van der Waals surface area contributed by atoms with Crippen molar-refractivity contribution in [3.63, 3.8) is 0 Å². The van der Waals surface area contributed by atoms with Crippen molar-refractivity contribution >= 4 is 11.3 Å². The number of benzene rings is 1. The smallest absolute Gasteiger partial charge is 0.0587 e. The van der Waals surface area contributed by atoms with E-state index >= 15 is 0 Å². The van der Waals surface area contributed by atoms with Crippen molar-refractivity contribution in [3.05, 3.63) is 56.8 Å². The van der Waals surface area contributed by atoms with E-state index in [2.05, 4.69) is 62.7 Å². The SMILES string of the molecule is CCCNC(c1csc(C)c1)c1cc(C)ccc1C. The monoisotopic (exact) mass is 273 g/mol. The zero-order valence-corrected chi connectivity index (χ0v) is 13.1. The zero-order chi connectivity index (χ0) is 13.8. The number of aryl methyl sites for hydroxylation is 3. The molecule has 1 aromatic heterocycles. The van der Waals surface area contributed by atoms with E-state index in [1.807, 2.05) is 11.3 Å². The van der Waals surface area contributed by atoms with Crippen LogP contribution < -0.4 is 5.32 Å². The summed E-state index contributed by atoms with van der Waals surface area (Å²) in [4.78, 5) is 1.38. The van der Waals surface area contributed by atoms with Crippen LogP contribution in [0.25, 0.3) is 0 Å². The van der Waals surface area contributed by atoms with Crippen LogP contribution in [0.4, 0.5) is 0 Å². The van der Waals surface area contributed by atoms with Gasteiger partial charge in [-0.2, -0.15) is 0 Å². The Balaban J connectivity index is 2.39. The summed E-state index contributed by atoms with van der Waals surface area (Å²) in [7, 11) is 0. The van der Waals surface area contributed by atoms with E-state index in [0.29, 0.717) is 6.04 Å². The zero-order valence-electron chi connectivity index (χ0n) is 12.3. The second kappa shape index (κ2) is 6.36. The minimum absolute atomic E-state index is 0.324. The minimum Gasteiger partial charge on any atom is -0.306 e. The third-order valence-corrected chi connectivity index (χ3v) is 4.31. The van der Waals surface area contributed by atoms with E-state index in [1.54, 1.807) is 0 Å². The first-order valence-electron chi connectivity index (χ1n) is 6.97. The van der Waals surface area contributed by atoms with Crippen LogP contribution >= 0.6 is 11.3 Å². The number of hydrogen-bond donors (Lipinski definition) is 1. The third kappa shape index (κ3) is 3.46. The Morgan fingerprint density at radius 3 is 2.58 bits per heavy atom.